The first-order chi connectivity index (χ1) is 10.3. The lowest BCUT2D eigenvalue weighted by molar-refractivity contribution is -0.117. The molecule has 3 aromatic rings. The molecule has 21 heavy (non-hydrogen) atoms. The summed E-state index contributed by atoms with van der Waals surface area (Å²) in [6.07, 6.45) is 5.76. The van der Waals surface area contributed by atoms with Gasteiger partial charge >= 0.3 is 0 Å². The van der Waals surface area contributed by atoms with Crippen molar-refractivity contribution in [3.8, 4) is 12.3 Å². The summed E-state index contributed by atoms with van der Waals surface area (Å²) >= 11 is 3.05. The molecule has 3 rings (SSSR count). The average Bonchev–Trinajstić information content (AvgIpc) is 3.08. The molecule has 0 aliphatic rings. The van der Waals surface area contributed by atoms with E-state index in [1.165, 1.54) is 11.3 Å². The fourth-order valence-electron chi connectivity index (χ4n) is 2.06. The number of amides is 1. The molecule has 0 atom stereocenters. The number of nitrogens with zero attached hydrogens (tertiary/aromatic N) is 2. The van der Waals surface area contributed by atoms with Gasteiger partial charge in [-0.3, -0.25) is 4.79 Å². The number of hydrogen-bond donors (Lipinski definition) is 0. The van der Waals surface area contributed by atoms with Crippen LogP contribution in [0.15, 0.2) is 46.8 Å². The first kappa shape index (κ1) is 13.8. The summed E-state index contributed by atoms with van der Waals surface area (Å²) in [6.45, 7) is 0.412. The van der Waals surface area contributed by atoms with Crippen molar-refractivity contribution in [2.75, 3.05) is 0 Å². The van der Waals surface area contributed by atoms with E-state index in [2.05, 4.69) is 10.9 Å². The summed E-state index contributed by atoms with van der Waals surface area (Å²) in [5, 5.41) is 1.96. The molecule has 2 heterocycles. The summed E-state index contributed by atoms with van der Waals surface area (Å²) in [4.78, 5) is 18.0. The first-order valence-corrected chi connectivity index (χ1v) is 8.09. The number of fused-ring (bicyclic) bond motifs is 1. The van der Waals surface area contributed by atoms with Crippen LogP contribution in [0.1, 0.15) is 4.88 Å². The van der Waals surface area contributed by atoms with Crippen LogP contribution in [0.5, 0.6) is 0 Å². The second kappa shape index (κ2) is 6.08. The van der Waals surface area contributed by atoms with Crippen LogP contribution in [0.4, 0.5) is 0 Å². The Kier molecular flexibility index (Phi) is 4.00. The minimum atomic E-state index is -0.144. The summed E-state index contributed by atoms with van der Waals surface area (Å²) in [5.74, 6) is 2.48. The number of para-hydroxylation sites is 1. The van der Waals surface area contributed by atoms with E-state index in [1.807, 2.05) is 46.3 Å². The molecule has 1 aromatic carbocycles. The molecule has 0 unspecified atom stereocenters. The van der Waals surface area contributed by atoms with Crippen LogP contribution in [0.25, 0.3) is 10.2 Å². The number of hydrogen-bond acceptors (Lipinski definition) is 3. The molecular formula is C16H12N2OS2. The molecule has 0 saturated carbocycles. The SMILES string of the molecule is C#CCn1c(=NC(=O)Cc2cccs2)sc2ccccc21. The number of rotatable bonds is 3. The van der Waals surface area contributed by atoms with Crippen molar-refractivity contribution in [3.63, 3.8) is 0 Å². The van der Waals surface area contributed by atoms with Crippen LogP contribution < -0.4 is 4.80 Å². The quantitative estimate of drug-likeness (QED) is 0.684. The maximum Gasteiger partial charge on any atom is 0.253 e. The van der Waals surface area contributed by atoms with Gasteiger partial charge in [-0.15, -0.1) is 17.8 Å². The Morgan fingerprint density at radius 3 is 2.90 bits per heavy atom. The van der Waals surface area contributed by atoms with Gasteiger partial charge < -0.3 is 4.57 Å². The van der Waals surface area contributed by atoms with E-state index < -0.39 is 0 Å². The number of carbonyl (C=O) groups is 1. The number of aromatic nitrogens is 1. The largest absolute Gasteiger partial charge is 0.305 e. The van der Waals surface area contributed by atoms with Gasteiger partial charge in [0.1, 0.15) is 0 Å². The van der Waals surface area contributed by atoms with Gasteiger partial charge in [0.05, 0.1) is 23.2 Å². The Morgan fingerprint density at radius 1 is 1.29 bits per heavy atom. The van der Waals surface area contributed by atoms with E-state index in [4.69, 9.17) is 6.42 Å². The van der Waals surface area contributed by atoms with Gasteiger partial charge in [0.25, 0.3) is 5.91 Å². The highest BCUT2D eigenvalue weighted by molar-refractivity contribution is 7.16. The van der Waals surface area contributed by atoms with Gasteiger partial charge in [-0.05, 0) is 23.6 Å². The van der Waals surface area contributed by atoms with E-state index in [9.17, 15) is 4.79 Å². The minimum Gasteiger partial charge on any atom is -0.305 e. The Bertz CT molecular complexity index is 879. The third-order valence-electron chi connectivity index (χ3n) is 2.96. The smallest absolute Gasteiger partial charge is 0.253 e. The third-order valence-corrected chi connectivity index (χ3v) is 4.90. The number of carbonyl (C=O) groups excluding carboxylic acids is 1. The Morgan fingerprint density at radius 2 is 2.14 bits per heavy atom. The van der Waals surface area contributed by atoms with E-state index in [1.54, 1.807) is 11.3 Å². The third kappa shape index (κ3) is 2.97. The van der Waals surface area contributed by atoms with Gasteiger partial charge in [-0.25, -0.2) is 0 Å². The fraction of sp³-hybridized carbons (Fsp3) is 0.125. The highest BCUT2D eigenvalue weighted by atomic mass is 32.1. The predicted molar refractivity (Wildman–Crippen MR) is 87.2 cm³/mol. The van der Waals surface area contributed by atoms with E-state index in [-0.39, 0.29) is 5.91 Å². The lowest BCUT2D eigenvalue weighted by Crippen LogP contribution is -2.16. The van der Waals surface area contributed by atoms with Crippen molar-refractivity contribution in [2.45, 2.75) is 13.0 Å². The zero-order chi connectivity index (χ0) is 14.7. The maximum atomic E-state index is 12.1. The molecule has 2 aromatic heterocycles. The molecule has 0 radical (unpaired) electrons. The maximum absolute atomic E-state index is 12.1. The summed E-state index contributed by atoms with van der Waals surface area (Å²) in [5.41, 5.74) is 1.02. The molecular weight excluding hydrogens is 300 g/mol. The zero-order valence-electron chi connectivity index (χ0n) is 11.2. The standard InChI is InChI=1S/C16H12N2OS2/c1-2-9-18-13-7-3-4-8-14(13)21-16(18)17-15(19)11-12-6-5-10-20-12/h1,3-8,10H,9,11H2. The Hall–Kier alpha value is -2.16. The molecule has 0 aliphatic heterocycles. The highest BCUT2D eigenvalue weighted by Gasteiger charge is 2.07. The molecule has 3 nitrogen and oxygen atoms in total. The molecule has 0 saturated heterocycles. The second-order valence-corrected chi connectivity index (χ2v) is 6.45. The van der Waals surface area contributed by atoms with Gasteiger partial charge in [-0.2, -0.15) is 4.99 Å². The van der Waals surface area contributed by atoms with E-state index in [0.29, 0.717) is 17.8 Å². The van der Waals surface area contributed by atoms with E-state index in [0.717, 1.165) is 15.1 Å². The van der Waals surface area contributed by atoms with Crippen LogP contribution in [0.2, 0.25) is 0 Å². The van der Waals surface area contributed by atoms with Crippen LogP contribution in [-0.4, -0.2) is 10.5 Å². The molecule has 0 aliphatic carbocycles. The van der Waals surface area contributed by atoms with Crippen molar-refractivity contribution in [1.29, 1.82) is 0 Å². The number of thiazole rings is 1. The molecule has 0 fully saturated rings. The molecule has 1 amide bonds. The lowest BCUT2D eigenvalue weighted by Gasteiger charge is -1.98. The minimum absolute atomic E-state index is 0.144. The zero-order valence-corrected chi connectivity index (χ0v) is 12.8. The molecule has 0 N–H and O–H groups in total. The summed E-state index contributed by atoms with van der Waals surface area (Å²) in [6, 6.07) is 11.8. The molecule has 104 valence electrons. The predicted octanol–water partition coefficient (Wildman–Crippen LogP) is 3.07. The molecule has 5 heteroatoms. The highest BCUT2D eigenvalue weighted by Crippen LogP contribution is 2.16. The number of benzene rings is 1. The monoisotopic (exact) mass is 312 g/mol. The van der Waals surface area contributed by atoms with E-state index >= 15 is 0 Å². The van der Waals surface area contributed by atoms with Crippen LogP contribution in [-0.2, 0) is 17.8 Å². The summed E-state index contributed by atoms with van der Waals surface area (Å²) in [7, 11) is 0. The normalized spacial score (nSPS) is 11.7. The van der Waals surface area contributed by atoms with Crippen LogP contribution >= 0.6 is 22.7 Å². The van der Waals surface area contributed by atoms with Gasteiger partial charge in [0.15, 0.2) is 4.80 Å². The Balaban J connectivity index is 2.02. The van der Waals surface area contributed by atoms with Crippen molar-refractivity contribution in [1.82, 2.24) is 4.57 Å². The topological polar surface area (TPSA) is 34.4 Å². The van der Waals surface area contributed by atoms with Crippen LogP contribution in [0, 0.1) is 12.3 Å². The fourth-order valence-corrected chi connectivity index (χ4v) is 3.80. The van der Waals surface area contributed by atoms with Gasteiger partial charge in [-0.1, -0.05) is 35.5 Å². The number of thiophene rings is 1. The second-order valence-electron chi connectivity index (χ2n) is 4.40. The molecule has 0 spiro atoms. The van der Waals surface area contributed by atoms with Crippen molar-refractivity contribution >= 4 is 38.8 Å². The average molecular weight is 312 g/mol. The van der Waals surface area contributed by atoms with Crippen molar-refractivity contribution in [3.05, 3.63) is 51.5 Å². The summed E-state index contributed by atoms with van der Waals surface area (Å²) < 4.78 is 2.99. The number of terminal acetylenes is 1. The first-order valence-electron chi connectivity index (χ1n) is 6.39. The van der Waals surface area contributed by atoms with Gasteiger partial charge in [0.2, 0.25) is 0 Å². The van der Waals surface area contributed by atoms with Crippen LogP contribution in [0.3, 0.4) is 0 Å². The van der Waals surface area contributed by atoms with Crippen molar-refractivity contribution in [2.24, 2.45) is 4.99 Å². The van der Waals surface area contributed by atoms with Crippen molar-refractivity contribution < 1.29 is 4.79 Å². The molecule has 0 bridgehead atoms. The lowest BCUT2D eigenvalue weighted by atomic mass is 10.3. The Labute approximate surface area is 130 Å². The van der Waals surface area contributed by atoms with Gasteiger partial charge in [0, 0.05) is 4.88 Å².